The summed E-state index contributed by atoms with van der Waals surface area (Å²) in [5.74, 6) is 1.05. The van der Waals surface area contributed by atoms with Gasteiger partial charge in [0.2, 0.25) is 0 Å². The van der Waals surface area contributed by atoms with Crippen LogP contribution in [0.2, 0.25) is 0 Å². The Morgan fingerprint density at radius 1 is 1.35 bits per heavy atom. The van der Waals surface area contributed by atoms with Crippen molar-refractivity contribution in [2.45, 2.75) is 18.3 Å². The molecule has 0 radical (unpaired) electrons. The van der Waals surface area contributed by atoms with Crippen molar-refractivity contribution in [3.8, 4) is 5.75 Å². The molecule has 0 aliphatic carbocycles. The van der Waals surface area contributed by atoms with Gasteiger partial charge in [-0.15, -0.1) is 0 Å². The van der Waals surface area contributed by atoms with Gasteiger partial charge in [-0.3, -0.25) is 0 Å². The zero-order valence-electron chi connectivity index (χ0n) is 11.7. The molecule has 1 aromatic rings. The molecule has 0 fully saturated rings. The van der Waals surface area contributed by atoms with E-state index < -0.39 is 5.51 Å². The fourth-order valence-electron chi connectivity index (χ4n) is 2.04. The zero-order valence-corrected chi connectivity index (χ0v) is 12.5. The van der Waals surface area contributed by atoms with Crippen LogP contribution >= 0.6 is 11.8 Å². The van der Waals surface area contributed by atoms with Gasteiger partial charge in [0.05, 0.1) is 7.11 Å². The molecule has 20 heavy (non-hydrogen) atoms. The average molecular weight is 307 g/mol. The van der Waals surface area contributed by atoms with E-state index in [0.717, 1.165) is 17.7 Å². The van der Waals surface area contributed by atoms with Crippen molar-refractivity contribution < 1.29 is 17.9 Å². The van der Waals surface area contributed by atoms with E-state index in [2.05, 4.69) is 5.32 Å². The van der Waals surface area contributed by atoms with Crippen LogP contribution < -0.4 is 10.1 Å². The monoisotopic (exact) mass is 307 g/mol. The Labute approximate surface area is 122 Å². The second-order valence-electron chi connectivity index (χ2n) is 4.56. The number of hydrogen-bond donors (Lipinski definition) is 1. The maximum absolute atomic E-state index is 12.1. The summed E-state index contributed by atoms with van der Waals surface area (Å²) < 4.78 is 41.6. The van der Waals surface area contributed by atoms with Crippen LogP contribution in [0.1, 0.15) is 12.0 Å². The fourth-order valence-corrected chi connectivity index (χ4v) is 2.72. The summed E-state index contributed by atoms with van der Waals surface area (Å²) >= 11 is 0.0535. The number of hydrogen-bond acceptors (Lipinski definition) is 3. The van der Waals surface area contributed by atoms with E-state index >= 15 is 0 Å². The Kier molecular flexibility index (Phi) is 7.23. The summed E-state index contributed by atoms with van der Waals surface area (Å²) in [5, 5.41) is 3.04. The Bertz CT molecular complexity index is 398. The topological polar surface area (TPSA) is 21.3 Å². The third kappa shape index (κ3) is 7.05. The van der Waals surface area contributed by atoms with Crippen molar-refractivity contribution in [2.75, 3.05) is 26.5 Å². The summed E-state index contributed by atoms with van der Waals surface area (Å²) in [5.41, 5.74) is -3.05. The first-order valence-corrected chi connectivity index (χ1v) is 7.41. The van der Waals surface area contributed by atoms with Crippen LogP contribution in [-0.4, -0.2) is 32.0 Å². The van der Waals surface area contributed by atoms with Crippen LogP contribution in [0.5, 0.6) is 5.75 Å². The van der Waals surface area contributed by atoms with E-state index in [1.807, 2.05) is 31.3 Å². The number of methoxy groups -OCH3 is 1. The van der Waals surface area contributed by atoms with Crippen molar-refractivity contribution in [3.63, 3.8) is 0 Å². The average Bonchev–Trinajstić information content (AvgIpc) is 2.37. The molecular weight excluding hydrogens is 287 g/mol. The van der Waals surface area contributed by atoms with E-state index in [-0.39, 0.29) is 23.4 Å². The van der Waals surface area contributed by atoms with E-state index in [9.17, 15) is 13.2 Å². The molecule has 1 N–H and O–H groups in total. The largest absolute Gasteiger partial charge is 0.497 e. The molecule has 1 atom stereocenters. The summed E-state index contributed by atoms with van der Waals surface area (Å²) in [6.45, 7) is 0.704. The van der Waals surface area contributed by atoms with E-state index in [1.54, 1.807) is 7.11 Å². The van der Waals surface area contributed by atoms with E-state index in [4.69, 9.17) is 4.74 Å². The first kappa shape index (κ1) is 17.2. The number of alkyl halides is 3. The van der Waals surface area contributed by atoms with Gasteiger partial charge in [-0.05, 0) is 50.0 Å². The van der Waals surface area contributed by atoms with Gasteiger partial charge < -0.3 is 10.1 Å². The lowest BCUT2D eigenvalue weighted by Gasteiger charge is -2.17. The number of ether oxygens (including phenoxy) is 1. The molecule has 0 heterocycles. The number of thioether (sulfide) groups is 1. The highest BCUT2D eigenvalue weighted by Crippen LogP contribution is 2.31. The number of halogens is 3. The lowest BCUT2D eigenvalue weighted by atomic mass is 9.97. The van der Waals surface area contributed by atoms with Crippen molar-refractivity contribution in [3.05, 3.63) is 29.8 Å². The standard InChI is InChI=1S/C14H20F3NOS/c1-18-10-12(6-7-20-14(15,16)17)8-11-4-3-5-13(9-11)19-2/h3-5,9,12,18H,6-8,10H2,1-2H3. The third-order valence-electron chi connectivity index (χ3n) is 2.94. The second-order valence-corrected chi connectivity index (χ2v) is 5.72. The minimum absolute atomic E-state index is 0.0535. The molecule has 0 aliphatic heterocycles. The normalized spacial score (nSPS) is 13.2. The van der Waals surface area contributed by atoms with Gasteiger partial charge >= 0.3 is 5.51 Å². The van der Waals surface area contributed by atoms with Crippen molar-refractivity contribution in [1.29, 1.82) is 0 Å². The second kappa shape index (κ2) is 8.42. The molecule has 0 aromatic heterocycles. The van der Waals surface area contributed by atoms with Crippen LogP contribution in [0.4, 0.5) is 13.2 Å². The van der Waals surface area contributed by atoms with Gasteiger partial charge in [0.1, 0.15) is 5.75 Å². The molecule has 0 amide bonds. The highest BCUT2D eigenvalue weighted by atomic mass is 32.2. The molecule has 0 bridgehead atoms. The minimum Gasteiger partial charge on any atom is -0.497 e. The predicted octanol–water partition coefficient (Wildman–Crippen LogP) is 3.72. The van der Waals surface area contributed by atoms with Gasteiger partial charge in [0.25, 0.3) is 0 Å². The van der Waals surface area contributed by atoms with Crippen LogP contribution in [0.25, 0.3) is 0 Å². The molecule has 0 spiro atoms. The molecule has 0 saturated carbocycles. The minimum atomic E-state index is -4.14. The molecule has 114 valence electrons. The van der Waals surface area contributed by atoms with Gasteiger partial charge in [0.15, 0.2) is 0 Å². The van der Waals surface area contributed by atoms with Crippen LogP contribution in [0, 0.1) is 5.92 Å². The van der Waals surface area contributed by atoms with Gasteiger partial charge in [-0.25, -0.2) is 0 Å². The molecule has 1 aromatic carbocycles. The van der Waals surface area contributed by atoms with Gasteiger partial charge in [-0.2, -0.15) is 13.2 Å². The maximum Gasteiger partial charge on any atom is 0.441 e. The van der Waals surface area contributed by atoms with Crippen molar-refractivity contribution in [1.82, 2.24) is 5.32 Å². The maximum atomic E-state index is 12.1. The zero-order chi connectivity index (χ0) is 15.0. The Hall–Kier alpha value is -0.880. The smallest absolute Gasteiger partial charge is 0.441 e. The van der Waals surface area contributed by atoms with Crippen molar-refractivity contribution in [2.24, 2.45) is 5.92 Å². The quantitative estimate of drug-likeness (QED) is 0.791. The first-order chi connectivity index (χ1) is 9.44. The molecule has 1 unspecified atom stereocenters. The van der Waals surface area contributed by atoms with E-state index in [0.29, 0.717) is 13.0 Å². The van der Waals surface area contributed by atoms with Crippen LogP contribution in [0.15, 0.2) is 24.3 Å². The van der Waals surface area contributed by atoms with Crippen molar-refractivity contribution >= 4 is 11.8 Å². The summed E-state index contributed by atoms with van der Waals surface area (Å²) in [6, 6.07) is 7.66. The van der Waals surface area contributed by atoms with Crippen LogP contribution in [0.3, 0.4) is 0 Å². The molecule has 2 nitrogen and oxygen atoms in total. The molecule has 0 saturated heterocycles. The fraction of sp³-hybridized carbons (Fsp3) is 0.571. The number of benzene rings is 1. The summed E-state index contributed by atoms with van der Waals surface area (Å²) in [4.78, 5) is 0. The van der Waals surface area contributed by atoms with E-state index in [1.165, 1.54) is 0 Å². The number of nitrogens with one attached hydrogen (secondary N) is 1. The SMILES string of the molecule is CNCC(CCSC(F)(F)F)Cc1cccc(OC)c1. The lowest BCUT2D eigenvalue weighted by molar-refractivity contribution is -0.0328. The Morgan fingerprint density at radius 2 is 2.10 bits per heavy atom. The Balaban J connectivity index is 2.53. The van der Waals surface area contributed by atoms with Gasteiger partial charge in [-0.1, -0.05) is 23.9 Å². The lowest BCUT2D eigenvalue weighted by Crippen LogP contribution is -2.22. The first-order valence-electron chi connectivity index (χ1n) is 6.43. The Morgan fingerprint density at radius 3 is 2.70 bits per heavy atom. The highest BCUT2D eigenvalue weighted by Gasteiger charge is 2.28. The van der Waals surface area contributed by atoms with Crippen LogP contribution in [-0.2, 0) is 6.42 Å². The number of rotatable bonds is 8. The third-order valence-corrected chi connectivity index (χ3v) is 3.71. The predicted molar refractivity (Wildman–Crippen MR) is 77.2 cm³/mol. The molecular formula is C14H20F3NOS. The molecule has 1 rings (SSSR count). The molecule has 6 heteroatoms. The summed E-state index contributed by atoms with van der Waals surface area (Å²) in [7, 11) is 3.42. The van der Waals surface area contributed by atoms with Gasteiger partial charge in [0, 0.05) is 5.75 Å². The highest BCUT2D eigenvalue weighted by molar-refractivity contribution is 8.00. The summed E-state index contributed by atoms with van der Waals surface area (Å²) in [6.07, 6.45) is 1.28. The molecule has 0 aliphatic rings.